The summed E-state index contributed by atoms with van der Waals surface area (Å²) >= 11 is 0. The number of hydrogen-bond acceptors (Lipinski definition) is 4. The number of hydrogen-bond donors (Lipinski definition) is 2. The average molecular weight is 372 g/mol. The lowest BCUT2D eigenvalue weighted by molar-refractivity contribution is -0.140. The number of nitrogens with one attached hydrogen (secondary N) is 1. The molecule has 0 spiro atoms. The molecule has 2 atom stereocenters. The molecule has 3 heterocycles. The number of nitrogens with zero attached hydrogens (tertiary/aromatic N) is 3. The lowest BCUT2D eigenvalue weighted by atomic mass is 9.80. The zero-order valence-electron chi connectivity index (χ0n) is 16.2. The normalized spacial score (nSPS) is 20.8. The van der Waals surface area contributed by atoms with Gasteiger partial charge in [0.15, 0.2) is 0 Å². The number of aliphatic carboxylic acids is 1. The fourth-order valence-electron chi connectivity index (χ4n) is 3.85. The van der Waals surface area contributed by atoms with Crippen LogP contribution < -0.4 is 0 Å². The van der Waals surface area contributed by atoms with E-state index in [9.17, 15) is 14.7 Å². The van der Waals surface area contributed by atoms with E-state index in [1.165, 1.54) is 0 Å². The van der Waals surface area contributed by atoms with Crippen molar-refractivity contribution in [1.82, 2.24) is 19.9 Å². The zero-order valence-corrected chi connectivity index (χ0v) is 16.2. The molecule has 1 saturated heterocycles. The van der Waals surface area contributed by atoms with Gasteiger partial charge in [0.2, 0.25) is 5.91 Å². The summed E-state index contributed by atoms with van der Waals surface area (Å²) in [5.41, 5.74) is 1.67. The van der Waals surface area contributed by atoms with Crippen molar-refractivity contribution in [2.75, 3.05) is 13.1 Å². The van der Waals surface area contributed by atoms with Gasteiger partial charge in [-0.3, -0.25) is 14.6 Å². The molecule has 0 aromatic carbocycles. The molecule has 27 heavy (non-hydrogen) atoms. The molecule has 2 aromatic heterocycles. The number of aromatic amines is 1. The quantitative estimate of drug-likeness (QED) is 0.841. The van der Waals surface area contributed by atoms with Crippen molar-refractivity contribution in [2.45, 2.75) is 46.5 Å². The Morgan fingerprint density at radius 3 is 2.78 bits per heavy atom. The number of carboxylic acids is 1. The minimum absolute atomic E-state index is 0.0486. The summed E-state index contributed by atoms with van der Waals surface area (Å²) in [6, 6.07) is 1.85. The number of H-pyrrole nitrogens is 1. The molecule has 0 radical (unpaired) electrons. The summed E-state index contributed by atoms with van der Waals surface area (Å²) in [7, 11) is 0. The van der Waals surface area contributed by atoms with E-state index in [4.69, 9.17) is 0 Å². The van der Waals surface area contributed by atoms with Crippen LogP contribution in [0, 0.1) is 17.3 Å². The Labute approximate surface area is 159 Å². The second-order valence-corrected chi connectivity index (χ2v) is 8.76. The fourth-order valence-corrected chi connectivity index (χ4v) is 3.85. The van der Waals surface area contributed by atoms with Gasteiger partial charge in [0.1, 0.15) is 5.82 Å². The van der Waals surface area contributed by atoms with E-state index in [-0.39, 0.29) is 29.6 Å². The van der Waals surface area contributed by atoms with E-state index >= 15 is 0 Å². The highest BCUT2D eigenvalue weighted by Gasteiger charge is 2.34. The van der Waals surface area contributed by atoms with Crippen LogP contribution in [0.3, 0.4) is 0 Å². The second kappa shape index (κ2) is 7.66. The highest BCUT2D eigenvalue weighted by atomic mass is 16.4. The molecule has 0 aliphatic carbocycles. The number of carbonyl (C=O) groups is 2. The van der Waals surface area contributed by atoms with Crippen molar-refractivity contribution in [3.8, 4) is 0 Å². The lowest BCUT2D eigenvalue weighted by Gasteiger charge is -2.39. The maximum Gasteiger partial charge on any atom is 0.303 e. The molecule has 1 fully saturated rings. The van der Waals surface area contributed by atoms with Gasteiger partial charge in [-0.05, 0) is 29.7 Å². The van der Waals surface area contributed by atoms with Crippen molar-refractivity contribution in [3.63, 3.8) is 0 Å². The van der Waals surface area contributed by atoms with Gasteiger partial charge < -0.3 is 15.0 Å². The van der Waals surface area contributed by atoms with Gasteiger partial charge in [-0.2, -0.15) is 0 Å². The molecular weight excluding hydrogens is 344 g/mol. The number of aromatic nitrogens is 3. The molecule has 2 unspecified atom stereocenters. The van der Waals surface area contributed by atoms with E-state index < -0.39 is 5.97 Å². The number of pyridine rings is 1. The molecule has 1 amide bonds. The van der Waals surface area contributed by atoms with Crippen LogP contribution in [0.25, 0.3) is 11.0 Å². The fraction of sp³-hybridized carbons (Fsp3) is 0.600. The number of carbonyl (C=O) groups excluding carboxylic acids is 1. The van der Waals surface area contributed by atoms with Gasteiger partial charge in [0, 0.05) is 38.5 Å². The smallest absolute Gasteiger partial charge is 0.303 e. The largest absolute Gasteiger partial charge is 0.481 e. The maximum absolute atomic E-state index is 12.7. The molecule has 1 aliphatic rings. The van der Waals surface area contributed by atoms with Crippen molar-refractivity contribution in [1.29, 1.82) is 0 Å². The van der Waals surface area contributed by atoms with E-state index in [2.05, 4.69) is 35.7 Å². The minimum atomic E-state index is -0.784. The predicted octanol–water partition coefficient (Wildman–Crippen LogP) is 2.88. The van der Waals surface area contributed by atoms with Crippen molar-refractivity contribution >= 4 is 22.9 Å². The van der Waals surface area contributed by atoms with Gasteiger partial charge in [0.05, 0.1) is 17.2 Å². The highest BCUT2D eigenvalue weighted by Crippen LogP contribution is 2.31. The third-order valence-electron chi connectivity index (χ3n) is 5.15. The maximum atomic E-state index is 12.7. The van der Waals surface area contributed by atoms with Crippen LogP contribution in [-0.4, -0.2) is 49.9 Å². The Morgan fingerprint density at radius 2 is 2.11 bits per heavy atom. The number of fused-ring (bicyclic) bond motifs is 1. The van der Waals surface area contributed by atoms with Gasteiger partial charge in [-0.15, -0.1) is 0 Å². The van der Waals surface area contributed by atoms with Crippen LogP contribution in [0.15, 0.2) is 18.5 Å². The molecule has 2 aromatic rings. The molecule has 3 rings (SSSR count). The topological polar surface area (TPSA) is 99.2 Å². The van der Waals surface area contributed by atoms with Crippen LogP contribution >= 0.6 is 0 Å². The number of imidazole rings is 1. The Morgan fingerprint density at radius 1 is 1.33 bits per heavy atom. The Balaban J connectivity index is 1.75. The first-order valence-corrected chi connectivity index (χ1v) is 9.49. The summed E-state index contributed by atoms with van der Waals surface area (Å²) in [6.45, 7) is 7.39. The summed E-state index contributed by atoms with van der Waals surface area (Å²) in [5.74, 6) is 0.312. The first-order chi connectivity index (χ1) is 12.7. The molecule has 7 heteroatoms. The van der Waals surface area contributed by atoms with Crippen LogP contribution in [-0.2, 0) is 16.0 Å². The molecule has 146 valence electrons. The molecule has 1 aliphatic heterocycles. The van der Waals surface area contributed by atoms with Gasteiger partial charge in [-0.1, -0.05) is 20.8 Å². The number of likely N-dealkylation sites (tertiary alicyclic amines) is 1. The Hall–Kier alpha value is -2.44. The van der Waals surface area contributed by atoms with Gasteiger partial charge in [0.25, 0.3) is 0 Å². The molecule has 0 bridgehead atoms. The van der Waals surface area contributed by atoms with Gasteiger partial charge in [-0.25, -0.2) is 4.98 Å². The van der Waals surface area contributed by atoms with Gasteiger partial charge >= 0.3 is 5.97 Å². The number of carboxylic acid groups (broad SMARTS) is 1. The van der Waals surface area contributed by atoms with E-state index in [0.29, 0.717) is 32.4 Å². The molecule has 7 nitrogen and oxygen atoms in total. The van der Waals surface area contributed by atoms with E-state index in [1.807, 2.05) is 11.0 Å². The summed E-state index contributed by atoms with van der Waals surface area (Å²) in [6.07, 6.45) is 5.42. The Bertz CT molecular complexity index is 791. The van der Waals surface area contributed by atoms with Crippen LogP contribution in [0.5, 0.6) is 0 Å². The lowest BCUT2D eigenvalue weighted by Crippen LogP contribution is -2.46. The Kier molecular flexibility index (Phi) is 5.48. The number of amides is 1. The SMILES string of the molecule is CC(C)(C)CC(=O)N1CCC(CC(=O)O)C(Cc2nc3ccncc3[nH]2)C1. The third-order valence-corrected chi connectivity index (χ3v) is 5.15. The van der Waals surface area contributed by atoms with Crippen LogP contribution in [0.1, 0.15) is 45.9 Å². The first kappa shape index (κ1) is 19.3. The van der Waals surface area contributed by atoms with E-state index in [1.54, 1.807) is 12.4 Å². The first-order valence-electron chi connectivity index (χ1n) is 9.49. The van der Waals surface area contributed by atoms with Crippen molar-refractivity contribution in [3.05, 3.63) is 24.3 Å². The monoisotopic (exact) mass is 372 g/mol. The zero-order chi connectivity index (χ0) is 19.6. The second-order valence-electron chi connectivity index (χ2n) is 8.76. The standard InChI is InChI=1S/C20H28N4O3/c1-20(2,3)10-18(25)24-7-5-13(9-19(26)27)14(12-24)8-17-22-15-4-6-21-11-16(15)23-17/h4,6,11,13-14H,5,7-10,12H2,1-3H3,(H,22,23)(H,26,27). The number of rotatable bonds is 5. The van der Waals surface area contributed by atoms with Crippen molar-refractivity contribution < 1.29 is 14.7 Å². The molecular formula is C20H28N4O3. The molecule has 2 N–H and O–H groups in total. The van der Waals surface area contributed by atoms with Crippen molar-refractivity contribution in [2.24, 2.45) is 17.3 Å². The summed E-state index contributed by atoms with van der Waals surface area (Å²) < 4.78 is 0. The van der Waals surface area contributed by atoms with Crippen LogP contribution in [0.4, 0.5) is 0 Å². The summed E-state index contributed by atoms with van der Waals surface area (Å²) in [5, 5.41) is 9.28. The van der Waals surface area contributed by atoms with Crippen LogP contribution in [0.2, 0.25) is 0 Å². The number of piperidine rings is 1. The average Bonchev–Trinajstić information content (AvgIpc) is 2.96. The molecule has 0 saturated carbocycles. The minimum Gasteiger partial charge on any atom is -0.481 e. The summed E-state index contributed by atoms with van der Waals surface area (Å²) in [4.78, 5) is 37.8. The third kappa shape index (κ3) is 5.05. The van der Waals surface area contributed by atoms with E-state index in [0.717, 1.165) is 16.9 Å². The predicted molar refractivity (Wildman–Crippen MR) is 102 cm³/mol. The highest BCUT2D eigenvalue weighted by molar-refractivity contribution is 5.77.